The largest absolute Gasteiger partial charge is 0.477 e. The third-order valence-corrected chi connectivity index (χ3v) is 11.9. The maximum absolute atomic E-state index is 15.6. The fourth-order valence-corrected chi connectivity index (χ4v) is 8.34. The molecule has 374 valence electrons. The summed E-state index contributed by atoms with van der Waals surface area (Å²) in [5.41, 5.74) is 20.5. The molecule has 6 aromatic rings. The van der Waals surface area contributed by atoms with Gasteiger partial charge in [-0.25, -0.2) is 45.9 Å². The van der Waals surface area contributed by atoms with Crippen LogP contribution in [-0.4, -0.2) is 130 Å². The van der Waals surface area contributed by atoms with Crippen LogP contribution in [0.1, 0.15) is 20.7 Å². The number of aliphatic imine (C=N–C) groups is 4. The Morgan fingerprint density at radius 3 is 1.18 bits per heavy atom. The molecule has 0 saturated carbocycles. The zero-order valence-electron chi connectivity index (χ0n) is 37.6. The van der Waals surface area contributed by atoms with Gasteiger partial charge in [0.05, 0.1) is 46.9 Å². The summed E-state index contributed by atoms with van der Waals surface area (Å²) in [7, 11) is 0. The molecule has 8 rings (SSSR count). The lowest BCUT2D eigenvalue weighted by Gasteiger charge is -2.36. The second kappa shape index (κ2) is 20.1. The van der Waals surface area contributed by atoms with Crippen molar-refractivity contribution in [2.75, 3.05) is 75.2 Å². The van der Waals surface area contributed by atoms with Crippen LogP contribution >= 0.6 is 0 Å². The molecule has 10 N–H and O–H groups in total. The van der Waals surface area contributed by atoms with E-state index in [4.69, 9.17) is 22.9 Å². The summed E-state index contributed by atoms with van der Waals surface area (Å²) in [5.74, 6) is -9.11. The van der Waals surface area contributed by atoms with Crippen molar-refractivity contribution < 1.29 is 46.1 Å². The number of rotatable bonds is 9. The molecule has 0 atom stereocenters. The number of piperazine rings is 2. The number of carboxylic acid groups (broad SMARTS) is 2. The van der Waals surface area contributed by atoms with E-state index in [9.17, 15) is 47.0 Å². The summed E-state index contributed by atoms with van der Waals surface area (Å²) in [6, 6.07) is 9.60. The molecule has 72 heavy (non-hydrogen) atoms. The van der Waals surface area contributed by atoms with E-state index < -0.39 is 68.8 Å². The zero-order valence-corrected chi connectivity index (χ0v) is 37.6. The van der Waals surface area contributed by atoms with Crippen LogP contribution in [-0.2, 0) is 0 Å². The summed E-state index contributed by atoms with van der Waals surface area (Å²) < 4.78 is 90.8. The van der Waals surface area contributed by atoms with Gasteiger partial charge in [0.1, 0.15) is 46.0 Å². The number of aromatic carboxylic acids is 2. The third-order valence-electron chi connectivity index (χ3n) is 11.9. The van der Waals surface area contributed by atoms with E-state index in [1.165, 1.54) is 12.1 Å². The molecule has 0 unspecified atom stereocenters. The van der Waals surface area contributed by atoms with E-state index in [1.807, 2.05) is 0 Å². The number of anilines is 2. The van der Waals surface area contributed by atoms with Gasteiger partial charge in [0, 0.05) is 87.7 Å². The van der Waals surface area contributed by atoms with Crippen molar-refractivity contribution in [3.63, 3.8) is 0 Å². The monoisotopic (exact) mass is 1000 g/mol. The van der Waals surface area contributed by atoms with Gasteiger partial charge < -0.3 is 61.9 Å². The highest BCUT2D eigenvalue weighted by molar-refractivity contribution is 5.97. The number of hydrogen-bond acceptors (Lipinski definition) is 8. The number of nitrogens with zero attached hydrogens (tertiary/aromatic N) is 10. The number of aromatic nitrogens is 2. The Kier molecular flexibility index (Phi) is 13.8. The summed E-state index contributed by atoms with van der Waals surface area (Å²) >= 11 is 0. The zero-order chi connectivity index (χ0) is 51.7. The van der Waals surface area contributed by atoms with E-state index >= 15 is 8.78 Å². The third kappa shape index (κ3) is 9.99. The molecule has 2 fully saturated rings. The highest BCUT2D eigenvalue weighted by Crippen LogP contribution is 2.31. The minimum absolute atomic E-state index is 0.00972. The van der Waals surface area contributed by atoms with E-state index in [0.29, 0.717) is 12.1 Å². The maximum atomic E-state index is 15.6. The van der Waals surface area contributed by atoms with Gasteiger partial charge in [-0.3, -0.25) is 9.59 Å². The molecule has 0 aliphatic carbocycles. The number of benzene rings is 4. The summed E-state index contributed by atoms with van der Waals surface area (Å²) in [6.45, 7) is 1.74. The van der Waals surface area contributed by atoms with Gasteiger partial charge in [-0.15, -0.1) is 0 Å². The first-order chi connectivity index (χ1) is 34.3. The highest BCUT2D eigenvalue weighted by Gasteiger charge is 2.27. The summed E-state index contributed by atoms with van der Waals surface area (Å²) in [4.78, 5) is 73.0. The Balaban J connectivity index is 0.869. The average molecular weight is 1000 g/mol. The van der Waals surface area contributed by atoms with Crippen molar-refractivity contribution in [2.24, 2.45) is 42.9 Å². The quantitative estimate of drug-likeness (QED) is 0.0526. The van der Waals surface area contributed by atoms with Crippen LogP contribution in [0.2, 0.25) is 0 Å². The van der Waals surface area contributed by atoms with Crippen LogP contribution in [0.4, 0.5) is 37.7 Å². The van der Waals surface area contributed by atoms with Gasteiger partial charge in [0.2, 0.25) is 22.8 Å². The molecule has 4 heterocycles. The van der Waals surface area contributed by atoms with E-state index in [0.717, 1.165) is 57.9 Å². The first kappa shape index (κ1) is 49.3. The Bertz CT molecular complexity index is 3210. The predicted octanol–water partition coefficient (Wildman–Crippen LogP) is 2.73. The summed E-state index contributed by atoms with van der Waals surface area (Å²) in [6.07, 6.45) is 1.81. The van der Waals surface area contributed by atoms with Crippen LogP contribution in [0.5, 0.6) is 0 Å². The smallest absolute Gasteiger partial charge is 0.341 e. The molecular weight excluding hydrogens is 959 g/mol. The van der Waals surface area contributed by atoms with Crippen molar-refractivity contribution in [3.8, 4) is 11.4 Å². The van der Waals surface area contributed by atoms with Gasteiger partial charge in [0.15, 0.2) is 11.9 Å². The van der Waals surface area contributed by atoms with Crippen molar-refractivity contribution in [2.45, 2.75) is 0 Å². The predicted molar refractivity (Wildman–Crippen MR) is 257 cm³/mol. The number of hydrogen-bond donors (Lipinski definition) is 6. The Hall–Kier alpha value is -9.10. The maximum Gasteiger partial charge on any atom is 0.341 e. The minimum atomic E-state index is -1.62. The van der Waals surface area contributed by atoms with Crippen LogP contribution in [0.25, 0.3) is 33.2 Å². The molecule has 0 bridgehead atoms. The van der Waals surface area contributed by atoms with Crippen LogP contribution in [0.3, 0.4) is 0 Å². The fourth-order valence-electron chi connectivity index (χ4n) is 8.34. The number of fused-ring (bicyclic) bond motifs is 2. The Labute approximate surface area is 402 Å². The molecule has 0 radical (unpaired) electrons. The van der Waals surface area contributed by atoms with Gasteiger partial charge in [-0.1, -0.05) is 0 Å². The Morgan fingerprint density at radius 1 is 0.500 bits per heavy atom. The molecule has 26 heteroatoms. The van der Waals surface area contributed by atoms with Gasteiger partial charge in [0.25, 0.3) is 0 Å². The number of guanidine groups is 4. The standard InChI is InChI=1S/C46H42F6N14O6/c47-23-1-3-33(29(49)15-23)65-21-27(41(69)70)39(67)25-17-31(51)37(19-35(25)65)61-7-11-63(12-8-61)45(55)59-43(53)57-5-6-58-44(54)60-46(56)64-13-9-62(10-14-64)38-20-36-26(18-32(38)52)40(68)28(42(71)72)22-66(36)34-4-2-24(48)16-30(34)50/h1-4,15-22H,5-14H2,(H,69,70)(H,71,72)(H4,53,55,57,59)(H4,54,56,58,60). The second-order valence-corrected chi connectivity index (χ2v) is 16.3. The second-order valence-electron chi connectivity index (χ2n) is 16.3. The molecule has 2 aliphatic heterocycles. The van der Waals surface area contributed by atoms with Crippen LogP contribution in [0, 0.1) is 34.9 Å². The summed E-state index contributed by atoms with van der Waals surface area (Å²) in [5, 5.41) is 18.6. The van der Waals surface area contributed by atoms with E-state index in [-0.39, 0.29) is 134 Å². The lowest BCUT2D eigenvalue weighted by molar-refractivity contribution is 0.0684. The SMILES string of the molecule is NC(=NCCN=C(N)/N=C(\N)N1CCN(c2cc3c(cc2F)c(=O)c(C(=O)O)cn3-c2ccc(F)cc2F)CC1)/N=C(\N)N1CCN(c2cc3c(cc2F)c(=O)c(C(=O)O)cn3-c2ccc(F)cc2F)CC1. The number of nitrogens with two attached hydrogens (primary N) is 4. The van der Waals surface area contributed by atoms with Gasteiger partial charge >= 0.3 is 11.9 Å². The molecular formula is C46H42F6N14O6. The lowest BCUT2D eigenvalue weighted by atomic mass is 10.1. The first-order valence-corrected chi connectivity index (χ1v) is 21.7. The number of pyridine rings is 2. The number of carboxylic acids is 2. The topological polar surface area (TPSA) is 285 Å². The van der Waals surface area contributed by atoms with Gasteiger partial charge in [-0.05, 0) is 48.5 Å². The van der Waals surface area contributed by atoms with Crippen LogP contribution in [0.15, 0.2) is 103 Å². The normalized spacial score (nSPS) is 15.2. The fraction of sp³-hybridized carbons (Fsp3) is 0.217. The average Bonchev–Trinajstić information content (AvgIpc) is 3.33. The minimum Gasteiger partial charge on any atom is -0.477 e. The highest BCUT2D eigenvalue weighted by atomic mass is 19.2. The molecule has 20 nitrogen and oxygen atoms in total. The van der Waals surface area contributed by atoms with Crippen molar-refractivity contribution in [1.82, 2.24) is 18.9 Å². The van der Waals surface area contributed by atoms with Crippen LogP contribution < -0.4 is 43.6 Å². The van der Waals surface area contributed by atoms with Crippen molar-refractivity contribution in [3.05, 3.63) is 140 Å². The van der Waals surface area contributed by atoms with E-state index in [2.05, 4.69) is 20.0 Å². The van der Waals surface area contributed by atoms with E-state index in [1.54, 1.807) is 19.6 Å². The Morgan fingerprint density at radius 2 is 0.847 bits per heavy atom. The van der Waals surface area contributed by atoms with Crippen molar-refractivity contribution in [1.29, 1.82) is 0 Å². The molecule has 0 amide bonds. The number of carbonyl (C=O) groups is 2. The first-order valence-electron chi connectivity index (χ1n) is 21.7. The lowest BCUT2D eigenvalue weighted by Crippen LogP contribution is -2.51. The molecule has 2 saturated heterocycles. The van der Waals surface area contributed by atoms with Crippen molar-refractivity contribution >= 4 is 69.0 Å². The number of halogens is 6. The molecule has 0 spiro atoms. The molecule has 4 aromatic carbocycles. The molecule has 2 aliphatic rings. The molecule has 2 aromatic heterocycles. The van der Waals surface area contributed by atoms with Gasteiger partial charge in [-0.2, -0.15) is 9.98 Å².